The van der Waals surface area contributed by atoms with Crippen molar-refractivity contribution in [3.63, 3.8) is 0 Å². The van der Waals surface area contributed by atoms with Gasteiger partial charge in [-0.25, -0.2) is 0 Å². The van der Waals surface area contributed by atoms with Crippen molar-refractivity contribution in [3.05, 3.63) is 21.9 Å². The number of thiophene rings is 1. The van der Waals surface area contributed by atoms with Gasteiger partial charge in [0.15, 0.2) is 0 Å². The fraction of sp³-hybridized carbons (Fsp3) is 0.583. The maximum absolute atomic E-state index is 12.4. The molecule has 0 aromatic carbocycles. The summed E-state index contributed by atoms with van der Waals surface area (Å²) in [7, 11) is 0. The standard InChI is InChI=1S/C12H16N2O2S/c13-12(3-5-16-8-12)11(15)14-4-1-10-9(7-14)2-6-17-10/h2,6H,1,3-5,7-8,13H2. The maximum atomic E-state index is 12.4. The van der Waals surface area contributed by atoms with Crippen LogP contribution in [0, 0.1) is 0 Å². The first-order valence-electron chi connectivity index (χ1n) is 5.90. The Morgan fingerprint density at radius 2 is 2.47 bits per heavy atom. The molecule has 1 atom stereocenters. The second kappa shape index (κ2) is 4.08. The predicted molar refractivity (Wildman–Crippen MR) is 65.8 cm³/mol. The molecular weight excluding hydrogens is 236 g/mol. The maximum Gasteiger partial charge on any atom is 0.245 e. The van der Waals surface area contributed by atoms with E-state index in [0.29, 0.717) is 26.2 Å². The first kappa shape index (κ1) is 11.2. The van der Waals surface area contributed by atoms with Crippen LogP contribution in [0.1, 0.15) is 16.9 Å². The highest BCUT2D eigenvalue weighted by Gasteiger charge is 2.41. The second-order valence-electron chi connectivity index (χ2n) is 4.80. The summed E-state index contributed by atoms with van der Waals surface area (Å²) in [5.41, 5.74) is 6.61. The summed E-state index contributed by atoms with van der Waals surface area (Å²) >= 11 is 1.78. The fourth-order valence-electron chi connectivity index (χ4n) is 2.49. The van der Waals surface area contributed by atoms with Gasteiger partial charge in [0, 0.05) is 24.6 Å². The summed E-state index contributed by atoms with van der Waals surface area (Å²) in [4.78, 5) is 15.7. The third-order valence-electron chi connectivity index (χ3n) is 3.57. The van der Waals surface area contributed by atoms with Gasteiger partial charge in [-0.2, -0.15) is 0 Å². The van der Waals surface area contributed by atoms with Crippen LogP contribution in [-0.2, 0) is 22.5 Å². The Bertz CT molecular complexity index is 437. The number of amides is 1. The SMILES string of the molecule is NC1(C(=O)N2CCc3sccc3C2)CCOC1. The average molecular weight is 252 g/mol. The number of ether oxygens (including phenoxy) is 1. The largest absolute Gasteiger partial charge is 0.379 e. The molecule has 3 heterocycles. The van der Waals surface area contributed by atoms with E-state index in [1.54, 1.807) is 11.3 Å². The van der Waals surface area contributed by atoms with Crippen LogP contribution in [0.2, 0.25) is 0 Å². The zero-order valence-corrected chi connectivity index (χ0v) is 10.5. The number of carbonyl (C=O) groups excluding carboxylic acids is 1. The highest BCUT2D eigenvalue weighted by molar-refractivity contribution is 7.10. The second-order valence-corrected chi connectivity index (χ2v) is 5.81. The molecule has 1 unspecified atom stereocenters. The van der Waals surface area contributed by atoms with Crippen LogP contribution in [0.4, 0.5) is 0 Å². The molecule has 2 aliphatic heterocycles. The summed E-state index contributed by atoms with van der Waals surface area (Å²) in [6, 6.07) is 2.10. The van der Waals surface area contributed by atoms with Gasteiger partial charge in [-0.1, -0.05) is 0 Å². The number of fused-ring (bicyclic) bond motifs is 1. The molecule has 1 amide bonds. The van der Waals surface area contributed by atoms with Gasteiger partial charge < -0.3 is 15.4 Å². The van der Waals surface area contributed by atoms with Crippen LogP contribution in [0.25, 0.3) is 0 Å². The van der Waals surface area contributed by atoms with E-state index in [9.17, 15) is 4.79 Å². The van der Waals surface area contributed by atoms with Crippen molar-refractivity contribution in [1.29, 1.82) is 0 Å². The fourth-order valence-corrected chi connectivity index (χ4v) is 3.38. The zero-order chi connectivity index (χ0) is 11.9. The number of carbonyl (C=O) groups is 1. The molecule has 0 bridgehead atoms. The molecule has 2 N–H and O–H groups in total. The van der Waals surface area contributed by atoms with Crippen molar-refractivity contribution < 1.29 is 9.53 Å². The smallest absolute Gasteiger partial charge is 0.245 e. The summed E-state index contributed by atoms with van der Waals surface area (Å²) in [5, 5.41) is 2.09. The Hall–Kier alpha value is -0.910. The van der Waals surface area contributed by atoms with Gasteiger partial charge in [-0.15, -0.1) is 11.3 Å². The predicted octanol–water partition coefficient (Wildman–Crippen LogP) is 0.751. The van der Waals surface area contributed by atoms with E-state index in [2.05, 4.69) is 11.4 Å². The molecular formula is C12H16N2O2S. The minimum absolute atomic E-state index is 0.0480. The van der Waals surface area contributed by atoms with E-state index in [1.165, 1.54) is 10.4 Å². The molecule has 0 aliphatic carbocycles. The Morgan fingerprint density at radius 3 is 3.24 bits per heavy atom. The summed E-state index contributed by atoms with van der Waals surface area (Å²) in [5.74, 6) is 0.0480. The van der Waals surface area contributed by atoms with E-state index in [4.69, 9.17) is 10.5 Å². The Labute approximate surface area is 104 Å². The van der Waals surface area contributed by atoms with Gasteiger partial charge in [0.2, 0.25) is 5.91 Å². The van der Waals surface area contributed by atoms with Crippen molar-refractivity contribution in [2.45, 2.75) is 24.9 Å². The normalized spacial score (nSPS) is 28.2. The van der Waals surface area contributed by atoms with Crippen LogP contribution >= 0.6 is 11.3 Å². The van der Waals surface area contributed by atoms with Crippen molar-refractivity contribution in [2.24, 2.45) is 5.73 Å². The van der Waals surface area contributed by atoms with Crippen LogP contribution in [0.3, 0.4) is 0 Å². The Balaban J connectivity index is 1.76. The minimum Gasteiger partial charge on any atom is -0.379 e. The zero-order valence-electron chi connectivity index (χ0n) is 9.65. The molecule has 1 aromatic heterocycles. The Morgan fingerprint density at radius 1 is 1.59 bits per heavy atom. The summed E-state index contributed by atoms with van der Waals surface area (Å²) in [6.45, 7) is 2.44. The van der Waals surface area contributed by atoms with Crippen molar-refractivity contribution in [3.8, 4) is 0 Å². The van der Waals surface area contributed by atoms with E-state index in [0.717, 1.165) is 13.0 Å². The first-order valence-corrected chi connectivity index (χ1v) is 6.78. The lowest BCUT2D eigenvalue weighted by Crippen LogP contribution is -2.56. The van der Waals surface area contributed by atoms with E-state index in [1.807, 2.05) is 4.90 Å². The first-order chi connectivity index (χ1) is 8.19. The van der Waals surface area contributed by atoms with E-state index in [-0.39, 0.29) is 5.91 Å². The number of rotatable bonds is 1. The Kier molecular flexibility index (Phi) is 2.69. The monoisotopic (exact) mass is 252 g/mol. The highest BCUT2D eigenvalue weighted by atomic mass is 32.1. The lowest BCUT2D eigenvalue weighted by atomic mass is 9.97. The number of nitrogens with zero attached hydrogens (tertiary/aromatic N) is 1. The van der Waals surface area contributed by atoms with Crippen LogP contribution in [0.15, 0.2) is 11.4 Å². The number of hydrogen-bond acceptors (Lipinski definition) is 4. The van der Waals surface area contributed by atoms with Gasteiger partial charge in [0.1, 0.15) is 5.54 Å². The molecule has 0 spiro atoms. The van der Waals surface area contributed by atoms with Gasteiger partial charge in [-0.05, 0) is 29.9 Å². The van der Waals surface area contributed by atoms with Gasteiger partial charge in [0.05, 0.1) is 6.61 Å². The van der Waals surface area contributed by atoms with Crippen LogP contribution in [-0.4, -0.2) is 36.1 Å². The van der Waals surface area contributed by atoms with Gasteiger partial charge >= 0.3 is 0 Å². The topological polar surface area (TPSA) is 55.6 Å². The molecule has 0 saturated carbocycles. The molecule has 1 aromatic rings. The number of hydrogen-bond donors (Lipinski definition) is 1. The molecule has 3 rings (SSSR count). The third-order valence-corrected chi connectivity index (χ3v) is 4.60. The van der Waals surface area contributed by atoms with Crippen LogP contribution < -0.4 is 5.73 Å². The quantitative estimate of drug-likeness (QED) is 0.802. The third kappa shape index (κ3) is 1.88. The summed E-state index contributed by atoms with van der Waals surface area (Å²) < 4.78 is 5.26. The molecule has 92 valence electrons. The molecule has 2 aliphatic rings. The molecule has 5 heteroatoms. The van der Waals surface area contributed by atoms with Crippen molar-refractivity contribution >= 4 is 17.2 Å². The molecule has 0 radical (unpaired) electrons. The molecule has 4 nitrogen and oxygen atoms in total. The molecule has 17 heavy (non-hydrogen) atoms. The molecule has 1 saturated heterocycles. The van der Waals surface area contributed by atoms with E-state index < -0.39 is 5.54 Å². The van der Waals surface area contributed by atoms with Crippen molar-refractivity contribution in [1.82, 2.24) is 4.90 Å². The van der Waals surface area contributed by atoms with E-state index >= 15 is 0 Å². The number of nitrogens with two attached hydrogens (primary N) is 1. The van der Waals surface area contributed by atoms with Gasteiger partial charge in [-0.3, -0.25) is 4.79 Å². The van der Waals surface area contributed by atoms with Crippen LogP contribution in [0.5, 0.6) is 0 Å². The minimum atomic E-state index is -0.784. The lowest BCUT2D eigenvalue weighted by molar-refractivity contribution is -0.137. The highest BCUT2D eigenvalue weighted by Crippen LogP contribution is 2.27. The summed E-state index contributed by atoms with van der Waals surface area (Å²) in [6.07, 6.45) is 1.59. The van der Waals surface area contributed by atoms with Crippen molar-refractivity contribution in [2.75, 3.05) is 19.8 Å². The van der Waals surface area contributed by atoms with Gasteiger partial charge in [0.25, 0.3) is 0 Å². The lowest BCUT2D eigenvalue weighted by Gasteiger charge is -2.33. The average Bonchev–Trinajstić information content (AvgIpc) is 2.96. The molecule has 1 fully saturated rings.